The van der Waals surface area contributed by atoms with Gasteiger partial charge in [0.2, 0.25) is 5.91 Å². The predicted octanol–water partition coefficient (Wildman–Crippen LogP) is 3.15. The van der Waals surface area contributed by atoms with Crippen molar-refractivity contribution < 1.29 is 22.8 Å². The van der Waals surface area contributed by atoms with E-state index in [1.165, 1.54) is 43.5 Å². The summed E-state index contributed by atoms with van der Waals surface area (Å²) in [5.41, 5.74) is -0.562. The van der Waals surface area contributed by atoms with Crippen LogP contribution in [0.25, 0.3) is 0 Å². The molecule has 3 rings (SSSR count). The molecule has 1 aliphatic heterocycles. The molecule has 1 aliphatic rings. The highest BCUT2D eigenvalue weighted by Crippen LogP contribution is 2.35. The van der Waals surface area contributed by atoms with E-state index in [-0.39, 0.29) is 23.3 Å². The van der Waals surface area contributed by atoms with Crippen LogP contribution in [-0.2, 0) is 11.0 Å². The van der Waals surface area contributed by atoms with Crippen molar-refractivity contribution in [3.8, 4) is 0 Å². The quantitative estimate of drug-likeness (QED) is 0.872. The van der Waals surface area contributed by atoms with E-state index in [2.05, 4.69) is 10.3 Å². The van der Waals surface area contributed by atoms with Gasteiger partial charge in [-0.05, 0) is 24.3 Å². The molecular weight excluding hydrogens is 373 g/mol. The van der Waals surface area contributed by atoms with Gasteiger partial charge in [-0.15, -0.1) is 0 Å². The molecule has 6 nitrogen and oxygen atoms in total. The molecular formula is C19H19F3N4O2. The van der Waals surface area contributed by atoms with Crippen LogP contribution in [0.15, 0.2) is 42.6 Å². The van der Waals surface area contributed by atoms with Crippen LogP contribution >= 0.6 is 0 Å². The second-order valence-electron chi connectivity index (χ2n) is 6.40. The lowest BCUT2D eigenvalue weighted by Crippen LogP contribution is -2.50. The van der Waals surface area contributed by atoms with Crippen molar-refractivity contribution in [3.63, 3.8) is 0 Å². The van der Waals surface area contributed by atoms with Crippen LogP contribution in [0.2, 0.25) is 0 Å². The molecule has 2 heterocycles. The van der Waals surface area contributed by atoms with Gasteiger partial charge >= 0.3 is 6.18 Å². The summed E-state index contributed by atoms with van der Waals surface area (Å²) in [6, 6.07) is 8.10. The molecule has 0 aliphatic carbocycles. The van der Waals surface area contributed by atoms with Crippen molar-refractivity contribution in [3.05, 3.63) is 53.7 Å². The zero-order valence-corrected chi connectivity index (χ0v) is 15.2. The van der Waals surface area contributed by atoms with Crippen LogP contribution in [0.3, 0.4) is 0 Å². The van der Waals surface area contributed by atoms with Crippen molar-refractivity contribution in [2.45, 2.75) is 13.1 Å². The number of carbonyl (C=O) groups excluding carboxylic acids is 2. The number of carbonyl (C=O) groups is 2. The van der Waals surface area contributed by atoms with Crippen LogP contribution in [0.4, 0.5) is 24.7 Å². The minimum Gasteiger partial charge on any atom is -0.340 e. The number of rotatable bonds is 3. The van der Waals surface area contributed by atoms with Gasteiger partial charge in [-0.25, -0.2) is 4.98 Å². The number of amides is 2. The van der Waals surface area contributed by atoms with E-state index >= 15 is 0 Å². The summed E-state index contributed by atoms with van der Waals surface area (Å²) in [5.74, 6) is -0.0454. The standard InChI is InChI=1S/C19H19F3N4O2/c1-13(27)25-8-10-26(11-9-25)18(28)14-6-7-17(23-12-14)24-16-5-3-2-4-15(16)19(20,21)22/h2-7,12H,8-11H2,1H3,(H,23,24). The van der Waals surface area contributed by atoms with E-state index in [4.69, 9.17) is 0 Å². The van der Waals surface area contributed by atoms with Gasteiger partial charge in [-0.2, -0.15) is 13.2 Å². The van der Waals surface area contributed by atoms with Gasteiger partial charge in [-0.1, -0.05) is 12.1 Å². The van der Waals surface area contributed by atoms with E-state index in [1.54, 1.807) is 9.80 Å². The molecule has 1 saturated heterocycles. The molecule has 2 aromatic rings. The van der Waals surface area contributed by atoms with Gasteiger partial charge in [0.05, 0.1) is 16.8 Å². The third kappa shape index (κ3) is 4.41. The van der Waals surface area contributed by atoms with Gasteiger partial charge in [0.15, 0.2) is 0 Å². The highest BCUT2D eigenvalue weighted by Gasteiger charge is 2.33. The van der Waals surface area contributed by atoms with Gasteiger partial charge in [-0.3, -0.25) is 9.59 Å². The third-order valence-corrected chi connectivity index (χ3v) is 4.52. The monoisotopic (exact) mass is 392 g/mol. The Morgan fingerprint density at radius 3 is 2.21 bits per heavy atom. The minimum atomic E-state index is -4.48. The summed E-state index contributed by atoms with van der Waals surface area (Å²) < 4.78 is 39.2. The van der Waals surface area contributed by atoms with Crippen LogP contribution in [0.1, 0.15) is 22.8 Å². The van der Waals surface area contributed by atoms with E-state index in [1.807, 2.05) is 0 Å². The Morgan fingerprint density at radius 2 is 1.64 bits per heavy atom. The maximum atomic E-state index is 13.1. The van der Waals surface area contributed by atoms with Crippen LogP contribution < -0.4 is 5.32 Å². The number of pyridine rings is 1. The Balaban J connectivity index is 1.68. The van der Waals surface area contributed by atoms with E-state index < -0.39 is 11.7 Å². The average molecular weight is 392 g/mol. The maximum absolute atomic E-state index is 13.1. The number of alkyl halides is 3. The Hall–Kier alpha value is -3.10. The number of hydrogen-bond donors (Lipinski definition) is 1. The van der Waals surface area contributed by atoms with Crippen molar-refractivity contribution in [1.29, 1.82) is 0 Å². The average Bonchev–Trinajstić information content (AvgIpc) is 2.68. The molecule has 0 radical (unpaired) electrons. The molecule has 1 aromatic carbocycles. The lowest BCUT2D eigenvalue weighted by molar-refractivity contribution is -0.137. The lowest BCUT2D eigenvalue weighted by atomic mass is 10.1. The zero-order chi connectivity index (χ0) is 20.3. The fourth-order valence-electron chi connectivity index (χ4n) is 2.98. The summed E-state index contributed by atoms with van der Waals surface area (Å²) in [6.07, 6.45) is -3.15. The van der Waals surface area contributed by atoms with Gasteiger partial charge in [0.25, 0.3) is 5.91 Å². The third-order valence-electron chi connectivity index (χ3n) is 4.52. The Bertz CT molecular complexity index is 860. The number of halogens is 3. The molecule has 28 heavy (non-hydrogen) atoms. The fourth-order valence-corrected chi connectivity index (χ4v) is 2.98. The lowest BCUT2D eigenvalue weighted by Gasteiger charge is -2.34. The first-order valence-corrected chi connectivity index (χ1v) is 8.70. The van der Waals surface area contributed by atoms with Gasteiger partial charge in [0.1, 0.15) is 5.82 Å². The topological polar surface area (TPSA) is 65.5 Å². The summed E-state index contributed by atoms with van der Waals surface area (Å²) in [7, 11) is 0. The number of nitrogens with zero attached hydrogens (tertiary/aromatic N) is 3. The fraction of sp³-hybridized carbons (Fsp3) is 0.316. The SMILES string of the molecule is CC(=O)N1CCN(C(=O)c2ccc(Nc3ccccc3C(F)(F)F)nc2)CC1. The molecule has 148 valence electrons. The molecule has 0 spiro atoms. The Kier molecular flexibility index (Phi) is 5.53. The van der Waals surface area contributed by atoms with Crippen LogP contribution in [0.5, 0.6) is 0 Å². The number of hydrogen-bond acceptors (Lipinski definition) is 4. The van der Waals surface area contributed by atoms with E-state index in [9.17, 15) is 22.8 Å². The molecule has 2 amide bonds. The smallest absolute Gasteiger partial charge is 0.340 e. The second kappa shape index (κ2) is 7.87. The van der Waals surface area contributed by atoms with E-state index in [0.29, 0.717) is 31.7 Å². The first-order valence-electron chi connectivity index (χ1n) is 8.70. The van der Waals surface area contributed by atoms with Gasteiger partial charge < -0.3 is 15.1 Å². The van der Waals surface area contributed by atoms with Crippen molar-refractivity contribution >= 4 is 23.3 Å². The summed E-state index contributed by atoms with van der Waals surface area (Å²) in [6.45, 7) is 3.30. The first-order chi connectivity index (χ1) is 13.3. The normalized spacial score (nSPS) is 14.7. The van der Waals surface area contributed by atoms with Gasteiger partial charge in [0, 0.05) is 39.3 Å². The highest BCUT2D eigenvalue weighted by atomic mass is 19.4. The Morgan fingerprint density at radius 1 is 1.00 bits per heavy atom. The zero-order valence-electron chi connectivity index (χ0n) is 15.2. The number of anilines is 2. The number of aromatic nitrogens is 1. The molecule has 1 fully saturated rings. The number of piperazine rings is 1. The molecule has 0 unspecified atom stereocenters. The predicted molar refractivity (Wildman–Crippen MR) is 97.1 cm³/mol. The second-order valence-corrected chi connectivity index (χ2v) is 6.40. The molecule has 0 saturated carbocycles. The molecule has 1 aromatic heterocycles. The summed E-state index contributed by atoms with van der Waals surface area (Å²) in [4.78, 5) is 31.3. The molecule has 9 heteroatoms. The first kappa shape index (κ1) is 19.7. The van der Waals surface area contributed by atoms with Crippen LogP contribution in [-0.4, -0.2) is 52.8 Å². The number of benzene rings is 1. The van der Waals surface area contributed by atoms with Crippen molar-refractivity contribution in [2.75, 3.05) is 31.5 Å². The molecule has 0 atom stereocenters. The maximum Gasteiger partial charge on any atom is 0.418 e. The number of para-hydroxylation sites is 1. The minimum absolute atomic E-state index is 0.0247. The molecule has 1 N–H and O–H groups in total. The largest absolute Gasteiger partial charge is 0.418 e. The van der Waals surface area contributed by atoms with E-state index in [0.717, 1.165) is 6.07 Å². The van der Waals surface area contributed by atoms with Crippen LogP contribution in [0, 0.1) is 0 Å². The molecule has 0 bridgehead atoms. The van der Waals surface area contributed by atoms with Crippen molar-refractivity contribution in [2.24, 2.45) is 0 Å². The highest BCUT2D eigenvalue weighted by molar-refractivity contribution is 5.94. The summed E-state index contributed by atoms with van der Waals surface area (Å²) >= 11 is 0. The summed E-state index contributed by atoms with van der Waals surface area (Å²) in [5, 5.41) is 2.64. The number of nitrogens with one attached hydrogen (secondary N) is 1. The Labute approximate surface area is 160 Å². The van der Waals surface area contributed by atoms with Crippen molar-refractivity contribution in [1.82, 2.24) is 14.8 Å².